The minimum absolute atomic E-state index is 0.0753. The third-order valence-corrected chi connectivity index (χ3v) is 3.83. The maximum Gasteiger partial charge on any atom is 0.284 e. The summed E-state index contributed by atoms with van der Waals surface area (Å²) in [4.78, 5) is 26.9. The van der Waals surface area contributed by atoms with E-state index in [1.54, 1.807) is 12.1 Å². The molecule has 21 heavy (non-hydrogen) atoms. The molecule has 0 atom stereocenters. The number of ketones is 1. The largest absolute Gasteiger partial charge is 0.295 e. The van der Waals surface area contributed by atoms with Crippen LogP contribution in [0.5, 0.6) is 0 Å². The summed E-state index contributed by atoms with van der Waals surface area (Å²) in [6.45, 7) is 5.22. The molecular formula is C15H14N2O3S. The number of carbonyl (C=O) groups excluding carboxylic acids is 1. The van der Waals surface area contributed by atoms with Crippen LogP contribution >= 0.6 is 11.8 Å². The molecule has 1 heterocycles. The van der Waals surface area contributed by atoms with Crippen LogP contribution in [0.15, 0.2) is 40.3 Å². The van der Waals surface area contributed by atoms with Crippen molar-refractivity contribution < 1.29 is 9.72 Å². The Bertz CT molecular complexity index is 709. The Morgan fingerprint density at radius 1 is 1.24 bits per heavy atom. The fourth-order valence-electron chi connectivity index (χ4n) is 1.93. The molecule has 0 fully saturated rings. The lowest BCUT2D eigenvalue weighted by atomic mass is 10.1. The van der Waals surface area contributed by atoms with Crippen molar-refractivity contribution in [3.8, 4) is 0 Å². The Morgan fingerprint density at radius 3 is 2.52 bits per heavy atom. The van der Waals surface area contributed by atoms with Gasteiger partial charge in [-0.25, -0.2) is 4.98 Å². The molecule has 0 spiro atoms. The highest BCUT2D eigenvalue weighted by Crippen LogP contribution is 2.35. The first kappa shape index (κ1) is 15.2. The number of rotatable bonds is 4. The molecule has 6 heteroatoms. The molecule has 5 nitrogen and oxygen atoms in total. The number of aryl methyl sites for hydroxylation is 2. The van der Waals surface area contributed by atoms with Crippen LogP contribution in [0.1, 0.15) is 28.5 Å². The molecule has 2 rings (SSSR count). The molecular weight excluding hydrogens is 288 g/mol. The second-order valence-corrected chi connectivity index (χ2v) is 5.78. The van der Waals surface area contributed by atoms with E-state index in [1.165, 1.54) is 24.8 Å². The van der Waals surface area contributed by atoms with E-state index < -0.39 is 4.92 Å². The highest BCUT2D eigenvalue weighted by Gasteiger charge is 2.17. The number of hydrogen-bond acceptors (Lipinski definition) is 5. The molecule has 2 aromatic rings. The van der Waals surface area contributed by atoms with E-state index in [4.69, 9.17) is 0 Å². The van der Waals surface area contributed by atoms with Crippen LogP contribution in [0.4, 0.5) is 5.69 Å². The Morgan fingerprint density at radius 2 is 1.95 bits per heavy atom. The van der Waals surface area contributed by atoms with Crippen LogP contribution < -0.4 is 0 Å². The zero-order valence-electron chi connectivity index (χ0n) is 11.9. The number of hydrogen-bond donors (Lipinski definition) is 0. The van der Waals surface area contributed by atoms with Gasteiger partial charge in [0.05, 0.1) is 9.82 Å². The molecule has 1 aromatic carbocycles. The van der Waals surface area contributed by atoms with Gasteiger partial charge in [-0.05, 0) is 50.6 Å². The van der Waals surface area contributed by atoms with E-state index in [1.807, 2.05) is 26.0 Å². The van der Waals surface area contributed by atoms with E-state index in [0.29, 0.717) is 15.5 Å². The molecule has 0 radical (unpaired) electrons. The quantitative estimate of drug-likeness (QED) is 0.485. The van der Waals surface area contributed by atoms with Crippen LogP contribution in [0.2, 0.25) is 0 Å². The maximum atomic E-state index is 11.3. The van der Waals surface area contributed by atoms with Crippen molar-refractivity contribution in [1.29, 1.82) is 0 Å². The van der Waals surface area contributed by atoms with Gasteiger partial charge in [-0.3, -0.25) is 14.9 Å². The number of nitrogens with zero attached hydrogens (tertiary/aromatic N) is 2. The standard InChI is InChI=1S/C15H14N2O3S/c1-9-6-10(2)16-15(7-9)21-14-5-4-12(11(3)18)8-13(14)17(19)20/h4-8H,1-3H3. The van der Waals surface area contributed by atoms with E-state index >= 15 is 0 Å². The smallest absolute Gasteiger partial charge is 0.284 e. The lowest BCUT2D eigenvalue weighted by Gasteiger charge is -2.06. The van der Waals surface area contributed by atoms with E-state index in [9.17, 15) is 14.9 Å². The van der Waals surface area contributed by atoms with Crippen LogP contribution in [-0.4, -0.2) is 15.7 Å². The molecule has 1 aromatic heterocycles. The Hall–Kier alpha value is -2.21. The van der Waals surface area contributed by atoms with Gasteiger partial charge >= 0.3 is 0 Å². The van der Waals surface area contributed by atoms with Crippen molar-refractivity contribution in [1.82, 2.24) is 4.98 Å². The summed E-state index contributed by atoms with van der Waals surface area (Å²) in [5.41, 5.74) is 2.17. The molecule has 0 N–H and O–H groups in total. The summed E-state index contributed by atoms with van der Waals surface area (Å²) < 4.78 is 0. The van der Waals surface area contributed by atoms with Gasteiger partial charge in [-0.1, -0.05) is 11.8 Å². The van der Waals surface area contributed by atoms with Gasteiger partial charge < -0.3 is 0 Å². The van der Waals surface area contributed by atoms with Gasteiger partial charge in [0.15, 0.2) is 5.78 Å². The predicted octanol–water partition coefficient (Wildman–Crippen LogP) is 3.96. The topological polar surface area (TPSA) is 73.1 Å². The van der Waals surface area contributed by atoms with Crippen LogP contribution in [0.25, 0.3) is 0 Å². The zero-order valence-corrected chi connectivity index (χ0v) is 12.7. The highest BCUT2D eigenvalue weighted by molar-refractivity contribution is 7.99. The summed E-state index contributed by atoms with van der Waals surface area (Å²) in [7, 11) is 0. The number of nitro groups is 1. The lowest BCUT2D eigenvalue weighted by molar-refractivity contribution is -0.387. The highest BCUT2D eigenvalue weighted by atomic mass is 32.2. The summed E-state index contributed by atoms with van der Waals surface area (Å²) in [6.07, 6.45) is 0. The zero-order chi connectivity index (χ0) is 15.6. The molecule has 0 aliphatic heterocycles. The average Bonchev–Trinajstić information content (AvgIpc) is 2.37. The Labute approximate surface area is 126 Å². The predicted molar refractivity (Wildman–Crippen MR) is 80.9 cm³/mol. The van der Waals surface area contributed by atoms with Gasteiger partial charge in [0, 0.05) is 17.3 Å². The van der Waals surface area contributed by atoms with Crippen molar-refractivity contribution in [3.05, 3.63) is 57.3 Å². The fourth-order valence-corrected chi connectivity index (χ4v) is 2.97. The molecule has 0 saturated carbocycles. The summed E-state index contributed by atoms with van der Waals surface area (Å²) in [6, 6.07) is 8.32. The molecule has 108 valence electrons. The minimum Gasteiger partial charge on any atom is -0.295 e. The molecule has 0 saturated heterocycles. The first-order valence-corrected chi connectivity index (χ1v) is 7.11. The normalized spacial score (nSPS) is 10.4. The summed E-state index contributed by atoms with van der Waals surface area (Å²) >= 11 is 1.23. The maximum absolute atomic E-state index is 11.3. The first-order chi connectivity index (χ1) is 9.86. The van der Waals surface area contributed by atoms with Crippen molar-refractivity contribution in [2.24, 2.45) is 0 Å². The SMILES string of the molecule is CC(=O)c1ccc(Sc2cc(C)cc(C)n2)c([N+](=O)[O-])c1. The van der Waals surface area contributed by atoms with Crippen LogP contribution in [-0.2, 0) is 0 Å². The fraction of sp³-hybridized carbons (Fsp3) is 0.200. The van der Waals surface area contributed by atoms with Crippen LogP contribution in [0.3, 0.4) is 0 Å². The molecule has 0 amide bonds. The second kappa shape index (κ2) is 6.05. The second-order valence-electron chi connectivity index (χ2n) is 4.72. The molecule has 0 unspecified atom stereocenters. The molecule has 0 aliphatic rings. The van der Waals surface area contributed by atoms with E-state index in [2.05, 4.69) is 4.98 Å². The first-order valence-electron chi connectivity index (χ1n) is 6.29. The molecule has 0 aliphatic carbocycles. The summed E-state index contributed by atoms with van der Waals surface area (Å²) in [5.74, 6) is -0.195. The van der Waals surface area contributed by atoms with Gasteiger partial charge in [0.2, 0.25) is 0 Å². The van der Waals surface area contributed by atoms with E-state index in [0.717, 1.165) is 11.3 Å². The van der Waals surface area contributed by atoms with Crippen molar-refractivity contribution in [2.75, 3.05) is 0 Å². The number of aromatic nitrogens is 1. The lowest BCUT2D eigenvalue weighted by Crippen LogP contribution is -1.97. The third-order valence-electron chi connectivity index (χ3n) is 2.85. The number of Topliss-reactive ketones (excluding diaryl/α,β-unsaturated/α-hetero) is 1. The van der Waals surface area contributed by atoms with Crippen molar-refractivity contribution >= 4 is 23.2 Å². The van der Waals surface area contributed by atoms with Crippen molar-refractivity contribution in [3.63, 3.8) is 0 Å². The Kier molecular flexibility index (Phi) is 4.37. The monoisotopic (exact) mass is 302 g/mol. The van der Waals surface area contributed by atoms with Crippen molar-refractivity contribution in [2.45, 2.75) is 30.7 Å². The van der Waals surface area contributed by atoms with E-state index in [-0.39, 0.29) is 11.5 Å². The number of pyridine rings is 1. The van der Waals surface area contributed by atoms with Crippen LogP contribution in [0, 0.1) is 24.0 Å². The summed E-state index contributed by atoms with van der Waals surface area (Å²) in [5, 5.41) is 11.9. The third kappa shape index (κ3) is 3.66. The van der Waals surface area contributed by atoms with Gasteiger partial charge in [-0.2, -0.15) is 0 Å². The van der Waals surface area contributed by atoms with Gasteiger partial charge in [-0.15, -0.1) is 0 Å². The number of benzene rings is 1. The van der Waals surface area contributed by atoms with Gasteiger partial charge in [0.25, 0.3) is 5.69 Å². The molecule has 0 bridgehead atoms. The minimum atomic E-state index is -0.475. The Balaban J connectivity index is 2.43. The average molecular weight is 302 g/mol. The number of nitro benzene ring substituents is 1. The number of carbonyl (C=O) groups is 1. The van der Waals surface area contributed by atoms with Gasteiger partial charge in [0.1, 0.15) is 5.03 Å².